The van der Waals surface area contributed by atoms with Crippen LogP contribution in [0.1, 0.15) is 66.5 Å². The van der Waals surface area contributed by atoms with Gasteiger partial charge in [0, 0.05) is 21.7 Å². The van der Waals surface area contributed by atoms with Crippen molar-refractivity contribution in [1.29, 1.82) is 10.5 Å². The SMILES string of the molecule is CC1(C)OB(c2c(B3OC(C)(C)C(C)(C)O3)c(C#N)c3ccccc3c2C#N)OC1(C)C. The molecule has 0 bridgehead atoms. The van der Waals surface area contributed by atoms with Gasteiger partial charge in [0.15, 0.2) is 0 Å². The quantitative estimate of drug-likeness (QED) is 0.681. The zero-order valence-corrected chi connectivity index (χ0v) is 20.0. The molecule has 2 aromatic rings. The normalized spacial score (nSPS) is 22.7. The Morgan fingerprint density at radius 1 is 0.594 bits per heavy atom. The average molecular weight is 430 g/mol. The minimum absolute atomic E-state index is 0.405. The number of benzene rings is 2. The minimum Gasteiger partial charge on any atom is -0.399 e. The van der Waals surface area contributed by atoms with E-state index in [2.05, 4.69) is 12.1 Å². The lowest BCUT2D eigenvalue weighted by Gasteiger charge is -2.32. The maximum absolute atomic E-state index is 10.2. The summed E-state index contributed by atoms with van der Waals surface area (Å²) in [6.07, 6.45) is 0. The van der Waals surface area contributed by atoms with E-state index in [1.807, 2.05) is 79.7 Å². The van der Waals surface area contributed by atoms with Crippen molar-refractivity contribution in [2.45, 2.75) is 77.8 Å². The summed E-state index contributed by atoms with van der Waals surface area (Å²) in [7, 11) is -1.69. The Morgan fingerprint density at radius 2 is 0.875 bits per heavy atom. The van der Waals surface area contributed by atoms with Crippen molar-refractivity contribution in [1.82, 2.24) is 0 Å². The number of hydrogen-bond acceptors (Lipinski definition) is 6. The van der Waals surface area contributed by atoms with Gasteiger partial charge < -0.3 is 18.6 Å². The average Bonchev–Trinajstić information content (AvgIpc) is 3.05. The zero-order chi connectivity index (χ0) is 23.7. The lowest BCUT2D eigenvalue weighted by Crippen LogP contribution is -2.54. The zero-order valence-electron chi connectivity index (χ0n) is 20.0. The van der Waals surface area contributed by atoms with Crippen LogP contribution in [0.4, 0.5) is 0 Å². The fraction of sp³-hybridized carbons (Fsp3) is 0.500. The van der Waals surface area contributed by atoms with E-state index in [1.54, 1.807) is 0 Å². The highest BCUT2D eigenvalue weighted by molar-refractivity contribution is 6.76. The fourth-order valence-electron chi connectivity index (χ4n) is 4.13. The second kappa shape index (κ2) is 7.07. The van der Waals surface area contributed by atoms with E-state index in [1.165, 1.54) is 0 Å². The predicted molar refractivity (Wildman–Crippen MR) is 125 cm³/mol. The van der Waals surface area contributed by atoms with Gasteiger partial charge in [0.1, 0.15) is 0 Å². The molecule has 2 aromatic carbocycles. The first-order chi connectivity index (χ1) is 14.8. The molecule has 0 unspecified atom stereocenters. The molecule has 2 aliphatic rings. The van der Waals surface area contributed by atoms with E-state index >= 15 is 0 Å². The minimum atomic E-state index is -0.847. The monoisotopic (exact) mass is 430 g/mol. The van der Waals surface area contributed by atoms with Gasteiger partial charge in [-0.3, -0.25) is 0 Å². The third-order valence-electron chi connectivity index (χ3n) is 7.50. The molecule has 0 aromatic heterocycles. The largest absolute Gasteiger partial charge is 0.495 e. The van der Waals surface area contributed by atoms with Crippen LogP contribution in [0, 0.1) is 22.7 Å². The van der Waals surface area contributed by atoms with Gasteiger partial charge in [0.25, 0.3) is 0 Å². The fourth-order valence-corrected chi connectivity index (χ4v) is 4.13. The van der Waals surface area contributed by atoms with Gasteiger partial charge in [-0.15, -0.1) is 0 Å². The van der Waals surface area contributed by atoms with E-state index in [0.29, 0.717) is 32.8 Å². The Hall–Kier alpha value is -2.35. The number of rotatable bonds is 2. The van der Waals surface area contributed by atoms with Gasteiger partial charge in [-0.1, -0.05) is 24.3 Å². The Labute approximate surface area is 190 Å². The van der Waals surface area contributed by atoms with Crippen LogP contribution in [0.15, 0.2) is 24.3 Å². The molecule has 0 N–H and O–H groups in total. The van der Waals surface area contributed by atoms with Crippen LogP contribution in [0.2, 0.25) is 0 Å². The van der Waals surface area contributed by atoms with Crippen LogP contribution in [0.25, 0.3) is 10.8 Å². The number of hydrogen-bond donors (Lipinski definition) is 0. The van der Waals surface area contributed by atoms with Crippen molar-refractivity contribution in [3.05, 3.63) is 35.4 Å². The summed E-state index contributed by atoms with van der Waals surface area (Å²) in [5, 5.41) is 21.8. The standard InChI is InChI=1S/C24H28B2N2O4/c1-21(2)22(3,4)30-25(29-21)19-17(13-27)15-11-9-10-12-16(15)18(14-28)20(19)26-31-23(5,6)24(7,8)32-26/h9-12H,1-8H3. The molecule has 0 radical (unpaired) electrons. The molecule has 2 saturated heterocycles. The van der Waals surface area contributed by atoms with Crippen molar-refractivity contribution in [3.8, 4) is 12.1 Å². The smallest absolute Gasteiger partial charge is 0.399 e. The highest BCUT2D eigenvalue weighted by Crippen LogP contribution is 2.39. The molecule has 0 amide bonds. The molecule has 0 saturated carbocycles. The number of fused-ring (bicyclic) bond motifs is 1. The van der Waals surface area contributed by atoms with E-state index in [-0.39, 0.29) is 0 Å². The molecule has 2 aliphatic heterocycles. The third kappa shape index (κ3) is 3.17. The highest BCUT2D eigenvalue weighted by atomic mass is 16.7. The van der Waals surface area contributed by atoms with Crippen molar-refractivity contribution in [2.24, 2.45) is 0 Å². The summed E-state index contributed by atoms with van der Waals surface area (Å²) in [4.78, 5) is 0. The van der Waals surface area contributed by atoms with Crippen LogP contribution >= 0.6 is 0 Å². The molecule has 2 fully saturated rings. The summed E-state index contributed by atoms with van der Waals surface area (Å²) in [6, 6.07) is 12.1. The van der Waals surface area contributed by atoms with Crippen LogP contribution < -0.4 is 10.9 Å². The Balaban J connectivity index is 2.06. The van der Waals surface area contributed by atoms with E-state index in [0.717, 1.165) is 0 Å². The Bertz CT molecular complexity index is 1070. The highest BCUT2D eigenvalue weighted by Gasteiger charge is 2.57. The van der Waals surface area contributed by atoms with Gasteiger partial charge in [0.2, 0.25) is 0 Å². The van der Waals surface area contributed by atoms with Gasteiger partial charge >= 0.3 is 14.2 Å². The number of nitriles is 2. The molecular weight excluding hydrogens is 402 g/mol. The van der Waals surface area contributed by atoms with Crippen LogP contribution in [-0.2, 0) is 18.6 Å². The molecule has 4 rings (SSSR count). The molecule has 32 heavy (non-hydrogen) atoms. The van der Waals surface area contributed by atoms with Crippen LogP contribution in [0.3, 0.4) is 0 Å². The lowest BCUT2D eigenvalue weighted by atomic mass is 9.60. The molecule has 6 nitrogen and oxygen atoms in total. The first-order valence-electron chi connectivity index (χ1n) is 10.9. The first-order valence-corrected chi connectivity index (χ1v) is 10.9. The molecule has 164 valence electrons. The van der Waals surface area contributed by atoms with Crippen molar-refractivity contribution in [2.75, 3.05) is 0 Å². The Kier molecular flexibility index (Phi) is 5.05. The molecule has 0 aliphatic carbocycles. The number of nitrogens with zero attached hydrogens (tertiary/aromatic N) is 2. The third-order valence-corrected chi connectivity index (χ3v) is 7.50. The van der Waals surface area contributed by atoms with Crippen molar-refractivity contribution in [3.63, 3.8) is 0 Å². The Morgan fingerprint density at radius 3 is 1.12 bits per heavy atom. The van der Waals surface area contributed by atoms with Crippen molar-refractivity contribution < 1.29 is 18.6 Å². The maximum Gasteiger partial charge on any atom is 0.495 e. The summed E-state index contributed by atoms with van der Waals surface area (Å²) >= 11 is 0. The maximum atomic E-state index is 10.2. The van der Waals surface area contributed by atoms with Gasteiger partial charge in [0.05, 0.1) is 45.7 Å². The lowest BCUT2D eigenvalue weighted by molar-refractivity contribution is 0.00578. The molecule has 0 spiro atoms. The molecule has 2 heterocycles. The summed E-state index contributed by atoms with van der Waals surface area (Å²) in [6.45, 7) is 15.7. The first kappa shape index (κ1) is 22.8. The molecular formula is C24H28B2N2O4. The molecule has 8 heteroatoms. The van der Waals surface area contributed by atoms with E-state index in [4.69, 9.17) is 18.6 Å². The van der Waals surface area contributed by atoms with Crippen molar-refractivity contribution >= 4 is 35.9 Å². The topological polar surface area (TPSA) is 84.5 Å². The summed E-state index contributed by atoms with van der Waals surface area (Å²) in [5.74, 6) is 0. The van der Waals surface area contributed by atoms with Crippen LogP contribution in [0.5, 0.6) is 0 Å². The van der Waals surface area contributed by atoms with Gasteiger partial charge in [-0.05, 0) is 55.4 Å². The van der Waals surface area contributed by atoms with Gasteiger partial charge in [-0.25, -0.2) is 0 Å². The van der Waals surface area contributed by atoms with E-state index < -0.39 is 36.6 Å². The molecule has 0 atom stereocenters. The van der Waals surface area contributed by atoms with Gasteiger partial charge in [-0.2, -0.15) is 10.5 Å². The second-order valence-corrected chi connectivity index (χ2v) is 10.5. The second-order valence-electron chi connectivity index (χ2n) is 10.5. The van der Waals surface area contributed by atoms with E-state index in [9.17, 15) is 10.5 Å². The summed E-state index contributed by atoms with van der Waals surface area (Å²) < 4.78 is 25.4. The summed E-state index contributed by atoms with van der Waals surface area (Å²) in [5.41, 5.74) is -0.650. The van der Waals surface area contributed by atoms with Crippen LogP contribution in [-0.4, -0.2) is 36.6 Å². The predicted octanol–water partition coefficient (Wildman–Crippen LogP) is 3.18.